The van der Waals surface area contributed by atoms with Gasteiger partial charge in [-0.2, -0.15) is 4.31 Å². The molecule has 2 rings (SSSR count). The molecule has 0 aromatic heterocycles. The van der Waals surface area contributed by atoms with Crippen LogP contribution in [0, 0.1) is 6.92 Å². The molecule has 0 amide bonds. The fourth-order valence-electron chi connectivity index (χ4n) is 4.38. The molecule has 0 spiro atoms. The number of piperidine rings is 1. The summed E-state index contributed by atoms with van der Waals surface area (Å²) in [7, 11) is -3.51. The summed E-state index contributed by atoms with van der Waals surface area (Å²) in [5, 5.41) is 10.8. The third-order valence-electron chi connectivity index (χ3n) is 5.33. The van der Waals surface area contributed by atoms with Gasteiger partial charge in [0.15, 0.2) is 5.11 Å². The zero-order valence-corrected chi connectivity index (χ0v) is 20.4. The Morgan fingerprint density at radius 1 is 1.17 bits per heavy atom. The van der Waals surface area contributed by atoms with Gasteiger partial charge in [-0.1, -0.05) is 19.9 Å². The minimum Gasteiger partial charge on any atom is -0.360 e. The van der Waals surface area contributed by atoms with Crippen LogP contribution < -0.4 is 16.0 Å². The third kappa shape index (κ3) is 6.13. The van der Waals surface area contributed by atoms with E-state index < -0.39 is 10.0 Å². The first-order valence-electron chi connectivity index (χ1n) is 10.3. The predicted molar refractivity (Wildman–Crippen MR) is 125 cm³/mol. The summed E-state index contributed by atoms with van der Waals surface area (Å²) >= 11 is 5.56. The lowest BCUT2D eigenvalue weighted by Gasteiger charge is -2.46. The average molecular weight is 441 g/mol. The number of nitrogens with zero attached hydrogens (tertiary/aromatic N) is 1. The zero-order chi connectivity index (χ0) is 22.0. The Labute approximate surface area is 181 Å². The number of anilines is 1. The van der Waals surface area contributed by atoms with Crippen molar-refractivity contribution in [1.82, 2.24) is 14.9 Å². The Bertz CT molecular complexity index is 830. The lowest BCUT2D eigenvalue weighted by molar-refractivity contribution is 0.156. The molecule has 1 aromatic rings. The molecule has 1 heterocycles. The minimum absolute atomic E-state index is 0.0166. The summed E-state index contributed by atoms with van der Waals surface area (Å²) < 4.78 is 27.1. The molecule has 8 heteroatoms. The molecular weight excluding hydrogens is 404 g/mol. The van der Waals surface area contributed by atoms with E-state index in [-0.39, 0.29) is 22.0 Å². The fourth-order valence-corrected chi connectivity index (χ4v) is 6.14. The van der Waals surface area contributed by atoms with Gasteiger partial charge in [-0.05, 0) is 77.4 Å². The molecule has 164 valence electrons. The van der Waals surface area contributed by atoms with Crippen molar-refractivity contribution in [3.63, 3.8) is 0 Å². The maximum atomic E-state index is 12.8. The highest BCUT2D eigenvalue weighted by atomic mass is 32.2. The summed E-state index contributed by atoms with van der Waals surface area (Å²) in [6.45, 7) is 15.3. The van der Waals surface area contributed by atoms with E-state index in [2.05, 4.69) is 43.6 Å². The van der Waals surface area contributed by atoms with Crippen LogP contribution in [0.15, 0.2) is 23.1 Å². The maximum Gasteiger partial charge on any atom is 0.243 e. The van der Waals surface area contributed by atoms with Crippen LogP contribution in [0.4, 0.5) is 5.69 Å². The molecule has 1 aliphatic heterocycles. The molecule has 6 nitrogen and oxygen atoms in total. The van der Waals surface area contributed by atoms with Crippen molar-refractivity contribution in [3.8, 4) is 0 Å². The van der Waals surface area contributed by atoms with Crippen LogP contribution in [-0.4, -0.2) is 48.0 Å². The van der Waals surface area contributed by atoms with Crippen molar-refractivity contribution in [1.29, 1.82) is 0 Å². The molecule has 0 unspecified atom stereocenters. The molecule has 1 saturated heterocycles. The van der Waals surface area contributed by atoms with Gasteiger partial charge in [-0.3, -0.25) is 0 Å². The number of thiocarbonyl (C=S) groups is 1. The second kappa shape index (κ2) is 8.88. The number of hydrogen-bond donors (Lipinski definition) is 3. The first-order valence-corrected chi connectivity index (χ1v) is 12.1. The molecule has 0 atom stereocenters. The number of sulfonamides is 1. The third-order valence-corrected chi connectivity index (χ3v) is 7.59. The van der Waals surface area contributed by atoms with E-state index >= 15 is 0 Å². The number of rotatable bonds is 6. The van der Waals surface area contributed by atoms with Gasteiger partial charge < -0.3 is 16.0 Å². The highest BCUT2D eigenvalue weighted by Gasteiger charge is 2.37. The second-order valence-electron chi connectivity index (χ2n) is 9.16. The van der Waals surface area contributed by atoms with Crippen molar-refractivity contribution >= 4 is 33.0 Å². The summed E-state index contributed by atoms with van der Waals surface area (Å²) in [6, 6.07) is 5.39. The van der Waals surface area contributed by atoms with Crippen LogP contribution in [0.3, 0.4) is 0 Å². The van der Waals surface area contributed by atoms with E-state index in [9.17, 15) is 8.42 Å². The van der Waals surface area contributed by atoms with Crippen molar-refractivity contribution in [3.05, 3.63) is 23.8 Å². The van der Waals surface area contributed by atoms with Gasteiger partial charge in [-0.15, -0.1) is 0 Å². The van der Waals surface area contributed by atoms with E-state index in [0.29, 0.717) is 23.9 Å². The van der Waals surface area contributed by atoms with Gasteiger partial charge in [-0.25, -0.2) is 8.42 Å². The zero-order valence-electron chi connectivity index (χ0n) is 18.7. The van der Waals surface area contributed by atoms with Crippen LogP contribution in [0.2, 0.25) is 0 Å². The normalized spacial score (nSPS) is 19.2. The predicted octanol–water partition coefficient (Wildman–Crippen LogP) is 3.62. The standard InChI is InChI=1S/C21H36N4O2S2/c1-8-25(9-2)29(26,27)17-11-10-15(3)18(12-17)23-19(28)22-16-13-20(4,5)24-21(6,7)14-16/h10-12,16,24H,8-9,13-14H2,1-7H3,(H2,22,23,28). The number of nitrogens with one attached hydrogen (secondary N) is 3. The maximum absolute atomic E-state index is 12.8. The molecular formula is C21H36N4O2S2. The van der Waals surface area contributed by atoms with Crippen LogP contribution >= 0.6 is 12.2 Å². The van der Waals surface area contributed by atoms with Crippen molar-refractivity contribution in [2.45, 2.75) is 83.3 Å². The summed E-state index contributed by atoms with van der Waals surface area (Å²) in [6.07, 6.45) is 1.90. The molecule has 0 radical (unpaired) electrons. The summed E-state index contributed by atoms with van der Waals surface area (Å²) in [4.78, 5) is 0.279. The molecule has 1 aromatic carbocycles. The van der Waals surface area contributed by atoms with Crippen LogP contribution in [-0.2, 0) is 10.0 Å². The van der Waals surface area contributed by atoms with Crippen molar-refractivity contribution in [2.24, 2.45) is 0 Å². The minimum atomic E-state index is -3.51. The lowest BCUT2D eigenvalue weighted by Crippen LogP contribution is -2.62. The molecule has 0 saturated carbocycles. The molecule has 3 N–H and O–H groups in total. The van der Waals surface area contributed by atoms with E-state index in [1.807, 2.05) is 26.8 Å². The Hall–Kier alpha value is -1.22. The number of benzene rings is 1. The van der Waals surface area contributed by atoms with Crippen molar-refractivity contribution in [2.75, 3.05) is 18.4 Å². The fraction of sp³-hybridized carbons (Fsp3) is 0.667. The number of hydrogen-bond acceptors (Lipinski definition) is 4. The quantitative estimate of drug-likeness (QED) is 0.587. The molecule has 0 aliphatic carbocycles. The van der Waals surface area contributed by atoms with Gasteiger partial charge in [0.25, 0.3) is 0 Å². The first-order chi connectivity index (χ1) is 13.3. The van der Waals surface area contributed by atoms with E-state index in [1.165, 1.54) is 4.31 Å². The Balaban J connectivity index is 2.16. The van der Waals surface area contributed by atoms with Gasteiger partial charge in [0, 0.05) is 35.9 Å². The van der Waals surface area contributed by atoms with Crippen LogP contribution in [0.25, 0.3) is 0 Å². The highest BCUT2D eigenvalue weighted by molar-refractivity contribution is 7.89. The highest BCUT2D eigenvalue weighted by Crippen LogP contribution is 2.29. The Morgan fingerprint density at radius 2 is 1.72 bits per heavy atom. The van der Waals surface area contributed by atoms with Crippen molar-refractivity contribution < 1.29 is 8.42 Å². The summed E-state index contributed by atoms with van der Waals surface area (Å²) in [5.41, 5.74) is 1.69. The number of aryl methyl sites for hydroxylation is 1. The van der Waals surface area contributed by atoms with Crippen LogP contribution in [0.1, 0.15) is 59.9 Å². The van der Waals surface area contributed by atoms with E-state index in [1.54, 1.807) is 12.1 Å². The smallest absolute Gasteiger partial charge is 0.243 e. The van der Waals surface area contributed by atoms with Gasteiger partial charge >= 0.3 is 0 Å². The molecule has 29 heavy (non-hydrogen) atoms. The summed E-state index contributed by atoms with van der Waals surface area (Å²) in [5.74, 6) is 0. The van der Waals surface area contributed by atoms with E-state index in [0.717, 1.165) is 18.4 Å². The van der Waals surface area contributed by atoms with Gasteiger partial charge in [0.05, 0.1) is 4.90 Å². The topological polar surface area (TPSA) is 73.5 Å². The first kappa shape index (κ1) is 24.1. The SMILES string of the molecule is CCN(CC)S(=O)(=O)c1ccc(C)c(NC(=S)NC2CC(C)(C)NC(C)(C)C2)c1. The molecule has 1 aliphatic rings. The Kier molecular flexibility index (Phi) is 7.36. The second-order valence-corrected chi connectivity index (χ2v) is 11.5. The monoisotopic (exact) mass is 440 g/mol. The molecule has 1 fully saturated rings. The van der Waals surface area contributed by atoms with Crippen LogP contribution in [0.5, 0.6) is 0 Å². The Morgan fingerprint density at radius 3 is 2.24 bits per heavy atom. The molecule has 0 bridgehead atoms. The van der Waals surface area contributed by atoms with Gasteiger partial charge in [0.1, 0.15) is 0 Å². The van der Waals surface area contributed by atoms with E-state index in [4.69, 9.17) is 12.2 Å². The van der Waals surface area contributed by atoms with Gasteiger partial charge in [0.2, 0.25) is 10.0 Å². The largest absolute Gasteiger partial charge is 0.360 e. The lowest BCUT2D eigenvalue weighted by atomic mass is 9.80. The average Bonchev–Trinajstić information content (AvgIpc) is 2.54.